The average Bonchev–Trinajstić information content (AvgIpc) is 2.49. The Labute approximate surface area is 172 Å². The molecule has 0 saturated heterocycles. The first-order valence-corrected chi connectivity index (χ1v) is 9.95. The lowest BCUT2D eigenvalue weighted by Crippen LogP contribution is -2.43. The van der Waals surface area contributed by atoms with Gasteiger partial charge in [0.1, 0.15) is 23.1 Å². The molecule has 29 heavy (non-hydrogen) atoms. The maximum absolute atomic E-state index is 12.4. The molecule has 0 saturated carbocycles. The highest BCUT2D eigenvalue weighted by atomic mass is 16.2. The summed E-state index contributed by atoms with van der Waals surface area (Å²) in [6.45, 7) is 7.48. The number of carbonyl (C=O) groups is 6. The molecule has 2 amide bonds. The van der Waals surface area contributed by atoms with Gasteiger partial charge in [0.2, 0.25) is 11.8 Å². The average molecular weight is 411 g/mol. The Morgan fingerprint density at radius 2 is 1.03 bits per heavy atom. The third-order valence-electron chi connectivity index (χ3n) is 4.24. The molecule has 0 aliphatic heterocycles. The molecular weight excluding hydrogens is 376 g/mol. The van der Waals surface area contributed by atoms with Crippen molar-refractivity contribution in [3.63, 3.8) is 0 Å². The van der Waals surface area contributed by atoms with E-state index in [1.807, 2.05) is 0 Å². The molecule has 0 aromatic rings. The van der Waals surface area contributed by atoms with Crippen LogP contribution in [0.25, 0.3) is 0 Å². The highest BCUT2D eigenvalue weighted by Gasteiger charge is 2.22. The molecule has 8 nitrogen and oxygen atoms in total. The van der Waals surface area contributed by atoms with E-state index in [2.05, 4.69) is 10.6 Å². The van der Waals surface area contributed by atoms with E-state index in [9.17, 15) is 28.8 Å². The van der Waals surface area contributed by atoms with Crippen LogP contribution in [-0.2, 0) is 28.8 Å². The number of hydrogen-bond donors (Lipinski definition) is 2. The summed E-state index contributed by atoms with van der Waals surface area (Å²) in [6, 6.07) is -1.14. The predicted octanol–water partition coefficient (Wildman–Crippen LogP) is 1.68. The normalized spacial score (nSPS) is 13.7. The van der Waals surface area contributed by atoms with Crippen molar-refractivity contribution in [1.29, 1.82) is 0 Å². The first-order chi connectivity index (χ1) is 13.4. The number of nitrogens with one attached hydrogen (secondary N) is 2. The van der Waals surface area contributed by atoms with Gasteiger partial charge in [-0.2, -0.15) is 0 Å². The minimum Gasteiger partial charge on any atom is -0.353 e. The molecule has 0 heterocycles. The minimum atomic E-state index is -0.671. The lowest BCUT2D eigenvalue weighted by atomic mass is 10.00. The summed E-state index contributed by atoms with van der Waals surface area (Å²) < 4.78 is 0. The van der Waals surface area contributed by atoms with E-state index >= 15 is 0 Å². The monoisotopic (exact) mass is 410 g/mol. The molecule has 0 rings (SSSR count). The number of ketones is 4. The minimum absolute atomic E-state index is 0.00503. The van der Waals surface area contributed by atoms with E-state index in [1.54, 1.807) is 6.92 Å². The van der Waals surface area contributed by atoms with Crippen LogP contribution in [0, 0.1) is 5.92 Å². The summed E-state index contributed by atoms with van der Waals surface area (Å²) in [7, 11) is 0. The van der Waals surface area contributed by atoms with E-state index in [0.717, 1.165) is 0 Å². The van der Waals surface area contributed by atoms with Crippen LogP contribution in [0.2, 0.25) is 0 Å². The van der Waals surface area contributed by atoms with E-state index in [-0.39, 0.29) is 73.5 Å². The van der Waals surface area contributed by atoms with Gasteiger partial charge in [0.25, 0.3) is 0 Å². The Kier molecular flexibility index (Phi) is 12.6. The topological polar surface area (TPSA) is 126 Å². The van der Waals surface area contributed by atoms with Gasteiger partial charge in [-0.1, -0.05) is 6.92 Å². The van der Waals surface area contributed by atoms with Gasteiger partial charge in [0, 0.05) is 50.6 Å². The van der Waals surface area contributed by atoms with Gasteiger partial charge in [-0.25, -0.2) is 0 Å². The Bertz CT molecular complexity index is 629. The summed E-state index contributed by atoms with van der Waals surface area (Å²) in [6.07, 6.45) is 1.03. The number of Topliss-reactive ketones (excluding diaryl/α,β-unsaturated/α-hetero) is 4. The van der Waals surface area contributed by atoms with Gasteiger partial charge in [0.05, 0.1) is 0 Å². The fourth-order valence-electron chi connectivity index (χ4n) is 3.15. The second-order valence-electron chi connectivity index (χ2n) is 8.00. The van der Waals surface area contributed by atoms with Gasteiger partial charge in [-0.3, -0.25) is 19.2 Å². The van der Waals surface area contributed by atoms with Gasteiger partial charge in [-0.15, -0.1) is 0 Å². The Balaban J connectivity index is 4.87. The summed E-state index contributed by atoms with van der Waals surface area (Å²) >= 11 is 0. The largest absolute Gasteiger partial charge is 0.353 e. The van der Waals surface area contributed by atoms with Crippen LogP contribution in [0.5, 0.6) is 0 Å². The maximum atomic E-state index is 12.4. The number of rotatable bonds is 15. The quantitative estimate of drug-likeness (QED) is 0.423. The lowest BCUT2D eigenvalue weighted by Gasteiger charge is -2.21. The fraction of sp³-hybridized carbons (Fsp3) is 0.714. The molecule has 0 aliphatic carbocycles. The summed E-state index contributed by atoms with van der Waals surface area (Å²) in [4.78, 5) is 69.9. The van der Waals surface area contributed by atoms with Crippen molar-refractivity contribution in [1.82, 2.24) is 10.6 Å². The molecule has 0 bridgehead atoms. The van der Waals surface area contributed by atoms with Crippen LogP contribution >= 0.6 is 0 Å². The van der Waals surface area contributed by atoms with Crippen molar-refractivity contribution in [2.45, 2.75) is 91.6 Å². The van der Waals surface area contributed by atoms with Crippen LogP contribution in [0.15, 0.2) is 0 Å². The van der Waals surface area contributed by atoms with Crippen LogP contribution in [0.1, 0.15) is 79.6 Å². The van der Waals surface area contributed by atoms with E-state index in [4.69, 9.17) is 0 Å². The molecule has 0 spiro atoms. The Hall–Kier alpha value is -2.38. The molecular formula is C21H34N2O6. The molecule has 3 unspecified atom stereocenters. The van der Waals surface area contributed by atoms with E-state index in [1.165, 1.54) is 27.7 Å². The summed E-state index contributed by atoms with van der Waals surface area (Å²) in [5, 5.41) is 5.42. The first kappa shape index (κ1) is 26.6. The van der Waals surface area contributed by atoms with Crippen LogP contribution < -0.4 is 10.6 Å². The lowest BCUT2D eigenvalue weighted by molar-refractivity contribution is -0.125. The number of amides is 2. The standard InChI is InChI=1S/C21H34N2O6/c1-13(8-15(3)25)9-20(28)23-19(11-17(5)27)12-21(29)22-18(10-16(4)26)7-6-14(2)24/h13,18-19H,6-12H2,1-5H3,(H,22,29)(H,23,28). The molecule has 3 atom stereocenters. The zero-order chi connectivity index (χ0) is 22.6. The van der Waals surface area contributed by atoms with Gasteiger partial charge in [-0.05, 0) is 40.0 Å². The molecule has 0 radical (unpaired) electrons. The van der Waals surface area contributed by atoms with Crippen molar-refractivity contribution >= 4 is 34.9 Å². The Morgan fingerprint density at radius 1 is 0.586 bits per heavy atom. The number of hydrogen-bond acceptors (Lipinski definition) is 6. The highest BCUT2D eigenvalue weighted by Crippen LogP contribution is 2.10. The van der Waals surface area contributed by atoms with Gasteiger partial charge < -0.3 is 20.2 Å². The van der Waals surface area contributed by atoms with E-state index < -0.39 is 18.0 Å². The van der Waals surface area contributed by atoms with Gasteiger partial charge in [0.15, 0.2) is 0 Å². The molecule has 164 valence electrons. The second-order valence-corrected chi connectivity index (χ2v) is 8.00. The predicted molar refractivity (Wildman–Crippen MR) is 108 cm³/mol. The molecule has 0 aromatic heterocycles. The smallest absolute Gasteiger partial charge is 0.222 e. The van der Waals surface area contributed by atoms with Crippen molar-refractivity contribution < 1.29 is 28.8 Å². The van der Waals surface area contributed by atoms with Crippen molar-refractivity contribution in [2.75, 3.05) is 0 Å². The molecule has 0 aromatic carbocycles. The molecule has 0 aliphatic rings. The van der Waals surface area contributed by atoms with E-state index in [0.29, 0.717) is 6.42 Å². The summed E-state index contributed by atoms with van der Waals surface area (Å²) in [5.74, 6) is -1.17. The SMILES string of the molecule is CC(=O)CCC(CC(C)=O)NC(=O)CC(CC(C)=O)NC(=O)CC(C)CC(C)=O. The molecule has 2 N–H and O–H groups in total. The molecule has 8 heteroatoms. The van der Waals surface area contributed by atoms with Gasteiger partial charge >= 0.3 is 0 Å². The number of carbonyl (C=O) groups excluding carboxylic acids is 6. The highest BCUT2D eigenvalue weighted by molar-refractivity contribution is 5.84. The van der Waals surface area contributed by atoms with Crippen molar-refractivity contribution in [2.24, 2.45) is 5.92 Å². The van der Waals surface area contributed by atoms with Crippen LogP contribution in [-0.4, -0.2) is 47.0 Å². The van der Waals surface area contributed by atoms with Crippen molar-refractivity contribution in [3.05, 3.63) is 0 Å². The zero-order valence-corrected chi connectivity index (χ0v) is 18.1. The molecule has 0 fully saturated rings. The third kappa shape index (κ3) is 15.2. The first-order valence-electron chi connectivity index (χ1n) is 9.95. The second kappa shape index (κ2) is 13.7. The maximum Gasteiger partial charge on any atom is 0.222 e. The third-order valence-corrected chi connectivity index (χ3v) is 4.24. The van der Waals surface area contributed by atoms with Crippen LogP contribution in [0.4, 0.5) is 0 Å². The Morgan fingerprint density at radius 3 is 1.52 bits per heavy atom. The fourth-order valence-corrected chi connectivity index (χ4v) is 3.15. The van der Waals surface area contributed by atoms with Crippen molar-refractivity contribution in [3.8, 4) is 0 Å². The summed E-state index contributed by atoms with van der Waals surface area (Å²) in [5.41, 5.74) is 0. The zero-order valence-electron chi connectivity index (χ0n) is 18.1. The van der Waals surface area contributed by atoms with Crippen LogP contribution in [0.3, 0.4) is 0 Å².